The van der Waals surface area contributed by atoms with Crippen LogP contribution in [0.15, 0.2) is 36.1 Å². The van der Waals surface area contributed by atoms with E-state index in [0.717, 1.165) is 12.0 Å². The van der Waals surface area contributed by atoms with Crippen LogP contribution in [0.3, 0.4) is 0 Å². The quantitative estimate of drug-likeness (QED) is 0.729. The van der Waals surface area contributed by atoms with Gasteiger partial charge in [-0.1, -0.05) is 52.0 Å². The van der Waals surface area contributed by atoms with Crippen LogP contribution in [0.5, 0.6) is 0 Å². The standard InChI is InChI=1S/C21H28O3/c1-14(2)10-16-6-8-17(9-7-16)15(3)20(23)24-19-11-18(22)12-21(4,5)13-19/h6-9,11,14-15H,10,12-13H2,1-5H3/t15-/m1/s1. The topological polar surface area (TPSA) is 43.4 Å². The van der Waals surface area contributed by atoms with Crippen molar-refractivity contribution in [1.82, 2.24) is 0 Å². The highest BCUT2D eigenvalue weighted by Gasteiger charge is 2.30. The SMILES string of the molecule is CC(C)Cc1ccc([C@@H](C)C(=O)OC2=CC(=O)CC(C)(C)C2)cc1. The second-order valence-electron chi connectivity index (χ2n) is 8.08. The molecule has 0 N–H and O–H groups in total. The summed E-state index contributed by atoms with van der Waals surface area (Å²) in [7, 11) is 0. The Bertz CT molecular complexity index is 636. The van der Waals surface area contributed by atoms with Crippen LogP contribution in [0.25, 0.3) is 0 Å². The Balaban J connectivity index is 2.03. The van der Waals surface area contributed by atoms with Gasteiger partial charge in [-0.05, 0) is 35.8 Å². The molecular formula is C21H28O3. The van der Waals surface area contributed by atoms with Crippen LogP contribution in [0.1, 0.15) is 64.5 Å². The number of benzene rings is 1. The van der Waals surface area contributed by atoms with E-state index >= 15 is 0 Å². The van der Waals surface area contributed by atoms with Gasteiger partial charge in [0.2, 0.25) is 0 Å². The van der Waals surface area contributed by atoms with Crippen LogP contribution in [-0.4, -0.2) is 11.8 Å². The van der Waals surface area contributed by atoms with E-state index in [9.17, 15) is 9.59 Å². The van der Waals surface area contributed by atoms with E-state index in [1.54, 1.807) is 0 Å². The molecule has 0 unspecified atom stereocenters. The van der Waals surface area contributed by atoms with Crippen molar-refractivity contribution in [3.8, 4) is 0 Å². The van der Waals surface area contributed by atoms with E-state index in [2.05, 4.69) is 26.0 Å². The van der Waals surface area contributed by atoms with Crippen LogP contribution in [0.2, 0.25) is 0 Å². The summed E-state index contributed by atoms with van der Waals surface area (Å²) in [5.74, 6) is 0.476. The predicted octanol–water partition coefficient (Wildman–Crippen LogP) is 4.80. The summed E-state index contributed by atoms with van der Waals surface area (Å²) in [5, 5.41) is 0. The first-order chi connectivity index (χ1) is 11.2. The zero-order valence-electron chi connectivity index (χ0n) is 15.4. The highest BCUT2D eigenvalue weighted by molar-refractivity contribution is 5.92. The fourth-order valence-electron chi connectivity index (χ4n) is 3.12. The molecule has 0 radical (unpaired) electrons. The molecule has 2 rings (SSSR count). The van der Waals surface area contributed by atoms with Gasteiger partial charge in [0, 0.05) is 18.9 Å². The van der Waals surface area contributed by atoms with E-state index in [0.29, 0.717) is 24.5 Å². The summed E-state index contributed by atoms with van der Waals surface area (Å²) in [6, 6.07) is 8.14. The highest BCUT2D eigenvalue weighted by atomic mass is 16.5. The molecule has 3 heteroatoms. The van der Waals surface area contributed by atoms with E-state index < -0.39 is 0 Å². The normalized spacial score (nSPS) is 18.2. The molecule has 0 aliphatic heterocycles. The minimum absolute atomic E-state index is 0.0275. The zero-order valence-corrected chi connectivity index (χ0v) is 15.4. The van der Waals surface area contributed by atoms with Crippen molar-refractivity contribution >= 4 is 11.8 Å². The maximum atomic E-state index is 12.4. The summed E-state index contributed by atoms with van der Waals surface area (Å²) in [5.41, 5.74) is 2.06. The number of hydrogen-bond donors (Lipinski definition) is 0. The summed E-state index contributed by atoms with van der Waals surface area (Å²) in [4.78, 5) is 24.2. The number of rotatable bonds is 5. The molecule has 1 atom stereocenters. The largest absolute Gasteiger partial charge is 0.430 e. The van der Waals surface area contributed by atoms with Crippen LogP contribution >= 0.6 is 0 Å². The van der Waals surface area contributed by atoms with Gasteiger partial charge in [0.1, 0.15) is 5.76 Å². The number of ketones is 1. The maximum Gasteiger partial charge on any atom is 0.318 e. The van der Waals surface area contributed by atoms with Crippen LogP contribution in [0, 0.1) is 11.3 Å². The van der Waals surface area contributed by atoms with Gasteiger partial charge in [0.15, 0.2) is 5.78 Å². The molecule has 1 aromatic rings. The van der Waals surface area contributed by atoms with E-state index in [4.69, 9.17) is 4.74 Å². The van der Waals surface area contributed by atoms with Crippen molar-refractivity contribution in [1.29, 1.82) is 0 Å². The lowest BCUT2D eigenvalue weighted by atomic mass is 9.79. The lowest BCUT2D eigenvalue weighted by Gasteiger charge is -2.28. The molecule has 3 nitrogen and oxygen atoms in total. The molecule has 0 bridgehead atoms. The summed E-state index contributed by atoms with van der Waals surface area (Å²) < 4.78 is 5.51. The second-order valence-corrected chi connectivity index (χ2v) is 8.08. The minimum Gasteiger partial charge on any atom is -0.430 e. The van der Waals surface area contributed by atoms with Crippen molar-refractivity contribution in [2.45, 2.75) is 59.8 Å². The average molecular weight is 328 g/mol. The third kappa shape index (κ3) is 5.05. The van der Waals surface area contributed by atoms with Gasteiger partial charge in [-0.25, -0.2) is 0 Å². The number of ether oxygens (including phenoxy) is 1. The number of esters is 1. The Morgan fingerprint density at radius 1 is 1.12 bits per heavy atom. The fourth-order valence-corrected chi connectivity index (χ4v) is 3.12. The third-order valence-corrected chi connectivity index (χ3v) is 4.34. The van der Waals surface area contributed by atoms with Crippen molar-refractivity contribution in [2.24, 2.45) is 11.3 Å². The Morgan fingerprint density at radius 2 is 1.75 bits per heavy atom. The number of carbonyl (C=O) groups excluding carboxylic acids is 2. The summed E-state index contributed by atoms with van der Waals surface area (Å²) in [6.45, 7) is 10.3. The number of hydrogen-bond acceptors (Lipinski definition) is 3. The van der Waals surface area contributed by atoms with Gasteiger partial charge in [-0.3, -0.25) is 9.59 Å². The molecule has 1 aromatic carbocycles. The molecule has 0 heterocycles. The Hall–Kier alpha value is -1.90. The van der Waals surface area contributed by atoms with Gasteiger partial charge in [-0.15, -0.1) is 0 Å². The first-order valence-corrected chi connectivity index (χ1v) is 8.70. The average Bonchev–Trinajstić information content (AvgIpc) is 2.44. The molecule has 24 heavy (non-hydrogen) atoms. The van der Waals surface area contributed by atoms with Crippen molar-refractivity contribution in [2.75, 3.05) is 0 Å². The number of carbonyl (C=O) groups is 2. The van der Waals surface area contributed by atoms with E-state index in [1.165, 1.54) is 11.6 Å². The lowest BCUT2D eigenvalue weighted by Crippen LogP contribution is -2.24. The molecule has 0 saturated carbocycles. The Labute approximate surface area is 145 Å². The monoisotopic (exact) mass is 328 g/mol. The Morgan fingerprint density at radius 3 is 2.29 bits per heavy atom. The summed E-state index contributed by atoms with van der Waals surface area (Å²) in [6.07, 6.45) is 3.62. The van der Waals surface area contributed by atoms with Crippen molar-refractivity contribution in [3.63, 3.8) is 0 Å². The molecule has 1 aliphatic carbocycles. The molecule has 130 valence electrons. The molecule has 0 saturated heterocycles. The zero-order chi connectivity index (χ0) is 17.9. The lowest BCUT2D eigenvalue weighted by molar-refractivity contribution is -0.141. The molecule has 0 aromatic heterocycles. The maximum absolute atomic E-state index is 12.4. The molecular weight excluding hydrogens is 300 g/mol. The second kappa shape index (κ2) is 7.33. The fraction of sp³-hybridized carbons (Fsp3) is 0.524. The molecule has 0 spiro atoms. The van der Waals surface area contributed by atoms with Gasteiger partial charge >= 0.3 is 5.97 Å². The first-order valence-electron chi connectivity index (χ1n) is 8.70. The van der Waals surface area contributed by atoms with E-state index in [1.807, 2.05) is 32.9 Å². The van der Waals surface area contributed by atoms with Crippen LogP contribution in [0.4, 0.5) is 0 Å². The first kappa shape index (κ1) is 18.4. The summed E-state index contributed by atoms with van der Waals surface area (Å²) >= 11 is 0. The van der Waals surface area contributed by atoms with Crippen LogP contribution < -0.4 is 0 Å². The Kier molecular flexibility index (Phi) is 5.63. The predicted molar refractivity (Wildman–Crippen MR) is 95.6 cm³/mol. The van der Waals surface area contributed by atoms with Crippen LogP contribution in [-0.2, 0) is 20.7 Å². The molecule has 1 aliphatic rings. The highest BCUT2D eigenvalue weighted by Crippen LogP contribution is 2.34. The van der Waals surface area contributed by atoms with Crippen molar-refractivity contribution < 1.29 is 14.3 Å². The van der Waals surface area contributed by atoms with E-state index in [-0.39, 0.29) is 23.1 Å². The minimum atomic E-state index is -0.348. The number of allylic oxidation sites excluding steroid dienone is 2. The smallest absolute Gasteiger partial charge is 0.318 e. The van der Waals surface area contributed by atoms with Gasteiger partial charge in [0.05, 0.1) is 5.92 Å². The third-order valence-electron chi connectivity index (χ3n) is 4.34. The van der Waals surface area contributed by atoms with Gasteiger partial charge in [-0.2, -0.15) is 0 Å². The molecule has 0 fully saturated rings. The molecule has 0 amide bonds. The van der Waals surface area contributed by atoms with Gasteiger partial charge < -0.3 is 4.74 Å². The van der Waals surface area contributed by atoms with Gasteiger partial charge in [0.25, 0.3) is 0 Å². The van der Waals surface area contributed by atoms with Crippen molar-refractivity contribution in [3.05, 3.63) is 47.2 Å².